The predicted molar refractivity (Wildman–Crippen MR) is 74.0 cm³/mol. The largest absolute Gasteiger partial charge is 0.368 e. The van der Waals surface area contributed by atoms with E-state index in [0.717, 1.165) is 49.4 Å². The zero-order chi connectivity index (χ0) is 12.9. The van der Waals surface area contributed by atoms with E-state index in [1.54, 1.807) is 0 Å². The Morgan fingerprint density at radius 1 is 1.16 bits per heavy atom. The monoisotopic (exact) mass is 258 g/mol. The molecule has 2 N–H and O–H groups in total. The number of amides is 1. The second-order valence-corrected chi connectivity index (χ2v) is 7.04. The first-order valence-corrected chi connectivity index (χ1v) is 7.66. The summed E-state index contributed by atoms with van der Waals surface area (Å²) in [5.74, 6) is 3.63. The third-order valence-corrected chi connectivity index (χ3v) is 5.58. The Bertz CT molecular complexity index is 428. The molecule has 1 heterocycles. The van der Waals surface area contributed by atoms with Crippen molar-refractivity contribution in [1.82, 2.24) is 10.6 Å². The summed E-state index contributed by atoms with van der Waals surface area (Å²) in [6.45, 7) is 0.812. The van der Waals surface area contributed by atoms with Gasteiger partial charge in [-0.1, -0.05) is 12.2 Å². The van der Waals surface area contributed by atoms with Crippen molar-refractivity contribution in [2.75, 3.05) is 6.54 Å². The topological polar surface area (TPSA) is 41.1 Å². The van der Waals surface area contributed by atoms with E-state index in [9.17, 15) is 4.79 Å². The van der Waals surface area contributed by atoms with Crippen LogP contribution in [-0.4, -0.2) is 12.5 Å². The zero-order valence-corrected chi connectivity index (χ0v) is 11.3. The zero-order valence-electron chi connectivity index (χ0n) is 11.3. The van der Waals surface area contributed by atoms with Gasteiger partial charge < -0.3 is 10.6 Å². The predicted octanol–water partition coefficient (Wildman–Crippen LogP) is 2.32. The number of carbonyl (C=O) groups excluding carboxylic acids is 1. The number of dihydropyridines is 1. The van der Waals surface area contributed by atoms with Gasteiger partial charge in [-0.3, -0.25) is 4.79 Å². The highest BCUT2D eigenvalue weighted by Crippen LogP contribution is 2.60. The lowest BCUT2D eigenvalue weighted by atomic mass is 9.49. The molecule has 5 rings (SSSR count). The molecule has 3 nitrogen and oxygen atoms in total. The Labute approximate surface area is 114 Å². The SMILES string of the molecule is O=C(NC1=CC=CCN1)C12CC3CC(CC(C3)C1)C2. The molecule has 1 aliphatic heterocycles. The number of allylic oxidation sites excluding steroid dienone is 2. The molecule has 19 heavy (non-hydrogen) atoms. The van der Waals surface area contributed by atoms with E-state index in [0.29, 0.717) is 0 Å². The Morgan fingerprint density at radius 3 is 2.32 bits per heavy atom. The summed E-state index contributed by atoms with van der Waals surface area (Å²) in [7, 11) is 0. The van der Waals surface area contributed by atoms with Crippen molar-refractivity contribution in [1.29, 1.82) is 0 Å². The summed E-state index contributed by atoms with van der Waals surface area (Å²) in [6, 6.07) is 0. The molecule has 4 saturated carbocycles. The minimum absolute atomic E-state index is 0.0432. The maximum Gasteiger partial charge on any atom is 0.231 e. The van der Waals surface area contributed by atoms with Gasteiger partial charge in [0.05, 0.1) is 5.41 Å². The molecule has 0 radical (unpaired) electrons. The fraction of sp³-hybridized carbons (Fsp3) is 0.688. The molecule has 0 spiro atoms. The molecular weight excluding hydrogens is 236 g/mol. The fourth-order valence-corrected chi connectivity index (χ4v) is 5.19. The van der Waals surface area contributed by atoms with E-state index in [1.807, 2.05) is 12.2 Å². The third-order valence-electron chi connectivity index (χ3n) is 5.58. The van der Waals surface area contributed by atoms with Crippen LogP contribution in [0.3, 0.4) is 0 Å². The highest BCUT2D eigenvalue weighted by Gasteiger charge is 2.54. The van der Waals surface area contributed by atoms with Crippen molar-refractivity contribution in [3.63, 3.8) is 0 Å². The van der Waals surface area contributed by atoms with Gasteiger partial charge in [0.2, 0.25) is 5.91 Å². The molecule has 0 unspecified atom stereocenters. The van der Waals surface area contributed by atoms with Gasteiger partial charge in [0, 0.05) is 6.54 Å². The summed E-state index contributed by atoms with van der Waals surface area (Å²) < 4.78 is 0. The first kappa shape index (κ1) is 11.6. The van der Waals surface area contributed by atoms with Crippen molar-refractivity contribution >= 4 is 5.91 Å². The van der Waals surface area contributed by atoms with Gasteiger partial charge >= 0.3 is 0 Å². The number of rotatable bonds is 2. The van der Waals surface area contributed by atoms with Crippen molar-refractivity contribution < 1.29 is 4.79 Å². The minimum atomic E-state index is -0.0432. The van der Waals surface area contributed by atoms with Crippen LogP contribution >= 0.6 is 0 Å². The number of nitrogens with one attached hydrogen (secondary N) is 2. The van der Waals surface area contributed by atoms with Crippen LogP contribution in [0.5, 0.6) is 0 Å². The van der Waals surface area contributed by atoms with Crippen LogP contribution in [-0.2, 0) is 4.79 Å². The number of hydrogen-bond acceptors (Lipinski definition) is 2. The van der Waals surface area contributed by atoms with E-state index in [4.69, 9.17) is 0 Å². The summed E-state index contributed by atoms with van der Waals surface area (Å²) in [4.78, 5) is 12.7. The number of hydrogen-bond donors (Lipinski definition) is 2. The molecule has 102 valence electrons. The average molecular weight is 258 g/mol. The standard InChI is InChI=1S/C16H22N2O/c19-15(18-14-3-1-2-4-17-14)16-8-11-5-12(9-16)7-13(6-11)10-16/h1-3,11-13,17H,4-10H2,(H,18,19). The fourth-order valence-electron chi connectivity index (χ4n) is 5.19. The minimum Gasteiger partial charge on any atom is -0.368 e. The van der Waals surface area contributed by atoms with Gasteiger partial charge in [-0.05, 0) is 62.4 Å². The molecule has 4 aliphatic carbocycles. The van der Waals surface area contributed by atoms with Gasteiger partial charge in [0.1, 0.15) is 5.82 Å². The van der Waals surface area contributed by atoms with E-state index in [1.165, 1.54) is 19.3 Å². The van der Waals surface area contributed by atoms with Crippen LogP contribution in [0.25, 0.3) is 0 Å². The first-order chi connectivity index (χ1) is 9.23. The van der Waals surface area contributed by atoms with Crippen molar-refractivity contribution in [3.8, 4) is 0 Å². The van der Waals surface area contributed by atoms with Gasteiger partial charge in [-0.25, -0.2) is 0 Å². The Kier molecular flexibility index (Phi) is 2.51. The smallest absolute Gasteiger partial charge is 0.231 e. The molecule has 4 bridgehead atoms. The molecule has 1 amide bonds. The molecule has 0 aromatic carbocycles. The van der Waals surface area contributed by atoms with Crippen molar-refractivity contribution in [3.05, 3.63) is 24.0 Å². The molecule has 0 atom stereocenters. The van der Waals surface area contributed by atoms with Crippen molar-refractivity contribution in [2.24, 2.45) is 23.2 Å². The van der Waals surface area contributed by atoms with Gasteiger partial charge in [0.25, 0.3) is 0 Å². The Balaban J connectivity index is 1.53. The third kappa shape index (κ3) is 1.90. The lowest BCUT2D eigenvalue weighted by molar-refractivity contribution is -0.145. The molecule has 5 aliphatic rings. The average Bonchev–Trinajstić information content (AvgIpc) is 2.38. The van der Waals surface area contributed by atoms with Crippen LogP contribution in [0.2, 0.25) is 0 Å². The lowest BCUT2D eigenvalue weighted by Gasteiger charge is -2.55. The van der Waals surface area contributed by atoms with Crippen LogP contribution in [0.15, 0.2) is 24.0 Å². The summed E-state index contributed by atoms with van der Waals surface area (Å²) in [6.07, 6.45) is 13.6. The second-order valence-electron chi connectivity index (χ2n) is 7.04. The second kappa shape index (κ2) is 4.12. The number of carbonyl (C=O) groups is 1. The lowest BCUT2D eigenvalue weighted by Crippen LogP contribution is -2.54. The Hall–Kier alpha value is -1.25. The van der Waals surface area contributed by atoms with Crippen LogP contribution in [0.1, 0.15) is 38.5 Å². The van der Waals surface area contributed by atoms with Gasteiger partial charge in [-0.2, -0.15) is 0 Å². The van der Waals surface area contributed by atoms with E-state index >= 15 is 0 Å². The molecule has 0 aromatic heterocycles. The van der Waals surface area contributed by atoms with Crippen LogP contribution in [0.4, 0.5) is 0 Å². The van der Waals surface area contributed by atoms with Gasteiger partial charge in [0.15, 0.2) is 0 Å². The maximum atomic E-state index is 12.7. The van der Waals surface area contributed by atoms with Crippen LogP contribution < -0.4 is 10.6 Å². The Morgan fingerprint density at radius 2 is 1.79 bits per heavy atom. The van der Waals surface area contributed by atoms with E-state index < -0.39 is 0 Å². The van der Waals surface area contributed by atoms with E-state index in [-0.39, 0.29) is 11.3 Å². The molecule has 0 aromatic rings. The normalized spacial score (nSPS) is 42.7. The molecule has 0 saturated heterocycles. The summed E-state index contributed by atoms with van der Waals surface area (Å²) in [5.41, 5.74) is -0.0432. The summed E-state index contributed by atoms with van der Waals surface area (Å²) >= 11 is 0. The van der Waals surface area contributed by atoms with Crippen LogP contribution in [0, 0.1) is 23.2 Å². The highest BCUT2D eigenvalue weighted by molar-refractivity contribution is 5.84. The van der Waals surface area contributed by atoms with E-state index in [2.05, 4.69) is 16.7 Å². The molecule has 3 heteroatoms. The molecule has 4 fully saturated rings. The van der Waals surface area contributed by atoms with Gasteiger partial charge in [-0.15, -0.1) is 0 Å². The quantitative estimate of drug-likeness (QED) is 0.798. The maximum absolute atomic E-state index is 12.7. The molecular formula is C16H22N2O. The van der Waals surface area contributed by atoms with Crippen molar-refractivity contribution in [2.45, 2.75) is 38.5 Å². The first-order valence-electron chi connectivity index (χ1n) is 7.66. The summed E-state index contributed by atoms with van der Waals surface area (Å²) in [5, 5.41) is 6.36. The highest BCUT2D eigenvalue weighted by atomic mass is 16.2.